The Morgan fingerprint density at radius 1 is 1.47 bits per heavy atom. The molecular formula is C12H16N2O5. The molecule has 7 nitrogen and oxygen atoms in total. The van der Waals surface area contributed by atoms with E-state index in [-0.39, 0.29) is 30.6 Å². The van der Waals surface area contributed by atoms with E-state index in [1.54, 1.807) is 12.1 Å². The van der Waals surface area contributed by atoms with Crippen molar-refractivity contribution in [2.45, 2.75) is 12.7 Å². The molecule has 0 amide bonds. The summed E-state index contributed by atoms with van der Waals surface area (Å²) in [5, 5.41) is 29.1. The highest BCUT2D eigenvalue weighted by atomic mass is 16.6. The summed E-state index contributed by atoms with van der Waals surface area (Å²) >= 11 is 0. The van der Waals surface area contributed by atoms with Gasteiger partial charge in [0.25, 0.3) is 5.69 Å². The molecule has 0 radical (unpaired) electrons. The predicted octanol–water partition coefficient (Wildman–Crippen LogP) is 0.285. The minimum Gasteiger partial charge on any atom is -0.394 e. The first-order chi connectivity index (χ1) is 9.15. The van der Waals surface area contributed by atoms with Crippen LogP contribution in [0.5, 0.6) is 0 Å². The smallest absolute Gasteiger partial charge is 0.275 e. The molecule has 19 heavy (non-hydrogen) atoms. The summed E-state index contributed by atoms with van der Waals surface area (Å²) in [6.07, 6.45) is -0.249. The number of hydrogen-bond donors (Lipinski definition) is 2. The van der Waals surface area contributed by atoms with E-state index < -0.39 is 4.92 Å². The lowest BCUT2D eigenvalue weighted by molar-refractivity contribution is -0.385. The van der Waals surface area contributed by atoms with Crippen molar-refractivity contribution in [3.8, 4) is 0 Å². The van der Waals surface area contributed by atoms with Crippen LogP contribution in [0.3, 0.4) is 0 Å². The number of benzene rings is 1. The number of nitro benzene ring substituents is 1. The second-order valence-electron chi connectivity index (χ2n) is 4.35. The fourth-order valence-electron chi connectivity index (χ4n) is 2.14. The van der Waals surface area contributed by atoms with Gasteiger partial charge in [0, 0.05) is 24.8 Å². The van der Waals surface area contributed by atoms with Gasteiger partial charge in [-0.1, -0.05) is 0 Å². The van der Waals surface area contributed by atoms with Crippen LogP contribution < -0.4 is 4.90 Å². The summed E-state index contributed by atoms with van der Waals surface area (Å²) in [4.78, 5) is 12.3. The Morgan fingerprint density at radius 2 is 2.26 bits per heavy atom. The standard InChI is InChI=1S/C12H16N2O5/c15-7-9-5-10(1-2-12(9)14(17)18)13-3-4-19-11(6-13)8-16/h1-2,5,11,15-16H,3-4,6-8H2. The van der Waals surface area contributed by atoms with E-state index in [9.17, 15) is 15.2 Å². The number of aliphatic hydroxyl groups excluding tert-OH is 2. The van der Waals surface area contributed by atoms with Gasteiger partial charge in [-0.2, -0.15) is 0 Å². The number of nitrogens with zero attached hydrogens (tertiary/aromatic N) is 2. The number of nitro groups is 1. The van der Waals surface area contributed by atoms with E-state index in [2.05, 4.69) is 0 Å². The van der Waals surface area contributed by atoms with E-state index >= 15 is 0 Å². The molecule has 1 aliphatic rings. The number of aliphatic hydroxyl groups is 2. The van der Waals surface area contributed by atoms with E-state index in [0.717, 1.165) is 5.69 Å². The molecular weight excluding hydrogens is 252 g/mol. The zero-order valence-corrected chi connectivity index (χ0v) is 10.4. The summed E-state index contributed by atoms with van der Waals surface area (Å²) in [6, 6.07) is 4.65. The molecule has 1 fully saturated rings. The molecule has 0 saturated carbocycles. The Kier molecular flexibility index (Phi) is 4.31. The predicted molar refractivity (Wildman–Crippen MR) is 68.1 cm³/mol. The van der Waals surface area contributed by atoms with Gasteiger partial charge in [0.1, 0.15) is 0 Å². The van der Waals surface area contributed by atoms with Gasteiger partial charge in [0.05, 0.1) is 36.4 Å². The number of anilines is 1. The monoisotopic (exact) mass is 268 g/mol. The maximum atomic E-state index is 10.8. The molecule has 0 bridgehead atoms. The van der Waals surface area contributed by atoms with Gasteiger partial charge in [-0.05, 0) is 12.1 Å². The van der Waals surface area contributed by atoms with Crippen LogP contribution in [-0.2, 0) is 11.3 Å². The average molecular weight is 268 g/mol. The molecule has 7 heteroatoms. The van der Waals surface area contributed by atoms with E-state index in [0.29, 0.717) is 19.7 Å². The molecule has 0 aliphatic carbocycles. The molecule has 104 valence electrons. The summed E-state index contributed by atoms with van der Waals surface area (Å²) in [5.74, 6) is 0. The Labute approximate surface area is 110 Å². The highest BCUT2D eigenvalue weighted by molar-refractivity contribution is 5.55. The minimum absolute atomic E-state index is 0.0592. The molecule has 2 rings (SSSR count). The molecule has 1 heterocycles. The molecule has 2 N–H and O–H groups in total. The fourth-order valence-corrected chi connectivity index (χ4v) is 2.14. The fraction of sp³-hybridized carbons (Fsp3) is 0.500. The van der Waals surface area contributed by atoms with Gasteiger partial charge in [-0.15, -0.1) is 0 Å². The zero-order valence-electron chi connectivity index (χ0n) is 10.4. The van der Waals surface area contributed by atoms with Crippen LogP contribution in [0.15, 0.2) is 18.2 Å². The molecule has 0 aromatic heterocycles. The third-order valence-corrected chi connectivity index (χ3v) is 3.14. The Bertz CT molecular complexity index is 465. The van der Waals surface area contributed by atoms with Crippen molar-refractivity contribution in [2.75, 3.05) is 31.2 Å². The number of ether oxygens (including phenoxy) is 1. The summed E-state index contributed by atoms with van der Waals surface area (Å²) < 4.78 is 5.35. The van der Waals surface area contributed by atoms with Crippen LogP contribution in [0.4, 0.5) is 11.4 Å². The van der Waals surface area contributed by atoms with Crippen LogP contribution in [0.2, 0.25) is 0 Å². The first-order valence-corrected chi connectivity index (χ1v) is 6.01. The third-order valence-electron chi connectivity index (χ3n) is 3.14. The van der Waals surface area contributed by atoms with Crippen LogP contribution in [0.25, 0.3) is 0 Å². The van der Waals surface area contributed by atoms with E-state index in [4.69, 9.17) is 9.84 Å². The molecule has 0 spiro atoms. The van der Waals surface area contributed by atoms with Crippen molar-refractivity contribution in [1.82, 2.24) is 0 Å². The Morgan fingerprint density at radius 3 is 2.89 bits per heavy atom. The van der Waals surface area contributed by atoms with Crippen LogP contribution in [0, 0.1) is 10.1 Å². The molecule has 1 atom stereocenters. The van der Waals surface area contributed by atoms with Crippen molar-refractivity contribution in [1.29, 1.82) is 0 Å². The van der Waals surface area contributed by atoms with Gasteiger partial charge in [0.15, 0.2) is 0 Å². The van der Waals surface area contributed by atoms with Gasteiger partial charge >= 0.3 is 0 Å². The molecule has 1 aromatic rings. The SMILES string of the molecule is O=[N+]([O-])c1ccc(N2CCOC(CO)C2)cc1CO. The van der Waals surface area contributed by atoms with Crippen molar-refractivity contribution in [3.63, 3.8) is 0 Å². The molecule has 1 unspecified atom stereocenters. The Hall–Kier alpha value is -1.70. The van der Waals surface area contributed by atoms with E-state index in [1.807, 2.05) is 4.90 Å². The normalized spacial score (nSPS) is 19.5. The Balaban J connectivity index is 2.23. The highest BCUT2D eigenvalue weighted by Crippen LogP contribution is 2.26. The van der Waals surface area contributed by atoms with Gasteiger partial charge in [-0.25, -0.2) is 0 Å². The van der Waals surface area contributed by atoms with Crippen molar-refractivity contribution in [2.24, 2.45) is 0 Å². The second kappa shape index (κ2) is 5.96. The molecule has 1 aromatic carbocycles. The van der Waals surface area contributed by atoms with Crippen LogP contribution in [0.1, 0.15) is 5.56 Å². The maximum absolute atomic E-state index is 10.8. The van der Waals surface area contributed by atoms with Crippen LogP contribution in [-0.4, -0.2) is 47.5 Å². The molecule has 1 aliphatic heterocycles. The lowest BCUT2D eigenvalue weighted by atomic mass is 10.1. The molecule has 1 saturated heterocycles. The lowest BCUT2D eigenvalue weighted by Crippen LogP contribution is -2.44. The number of rotatable bonds is 4. The number of morpholine rings is 1. The van der Waals surface area contributed by atoms with Crippen molar-refractivity contribution < 1.29 is 19.9 Å². The van der Waals surface area contributed by atoms with Gasteiger partial charge in [0.2, 0.25) is 0 Å². The summed E-state index contributed by atoms with van der Waals surface area (Å²) in [6.45, 7) is 1.24. The first-order valence-electron chi connectivity index (χ1n) is 6.01. The van der Waals surface area contributed by atoms with E-state index in [1.165, 1.54) is 6.07 Å². The average Bonchev–Trinajstić information content (AvgIpc) is 2.46. The lowest BCUT2D eigenvalue weighted by Gasteiger charge is -2.33. The topological polar surface area (TPSA) is 96.1 Å². The van der Waals surface area contributed by atoms with Crippen LogP contribution >= 0.6 is 0 Å². The second-order valence-corrected chi connectivity index (χ2v) is 4.35. The third kappa shape index (κ3) is 3.01. The van der Waals surface area contributed by atoms with Gasteiger partial charge in [-0.3, -0.25) is 10.1 Å². The first kappa shape index (κ1) is 13.7. The summed E-state index contributed by atoms with van der Waals surface area (Å²) in [7, 11) is 0. The largest absolute Gasteiger partial charge is 0.394 e. The number of hydrogen-bond acceptors (Lipinski definition) is 6. The summed E-state index contributed by atoms with van der Waals surface area (Å²) in [5.41, 5.74) is 0.990. The van der Waals surface area contributed by atoms with Gasteiger partial charge < -0.3 is 19.8 Å². The van der Waals surface area contributed by atoms with Crippen molar-refractivity contribution in [3.05, 3.63) is 33.9 Å². The highest BCUT2D eigenvalue weighted by Gasteiger charge is 2.22. The zero-order chi connectivity index (χ0) is 13.8. The minimum atomic E-state index is -0.509. The quantitative estimate of drug-likeness (QED) is 0.601. The maximum Gasteiger partial charge on any atom is 0.275 e. The van der Waals surface area contributed by atoms with Crippen molar-refractivity contribution >= 4 is 11.4 Å².